The summed E-state index contributed by atoms with van der Waals surface area (Å²) in [7, 11) is -2.37. The van der Waals surface area contributed by atoms with Crippen LogP contribution < -0.4 is 0 Å². The zero-order valence-electron chi connectivity index (χ0n) is 18.5. The predicted octanol–water partition coefficient (Wildman–Crippen LogP) is 6.74. The number of hydrogen-bond donors (Lipinski definition) is 0. The molecule has 0 unspecified atom stereocenters. The Labute approximate surface area is 164 Å². The first-order chi connectivity index (χ1) is 12.1. The first-order valence-electron chi connectivity index (χ1n) is 11.1. The fourth-order valence-electron chi connectivity index (χ4n) is 5.23. The molecule has 0 aromatic rings. The fourth-order valence-corrected chi connectivity index (χ4v) is 7.22. The van der Waals surface area contributed by atoms with Gasteiger partial charge >= 0.3 is 8.56 Å². The monoisotopic (exact) mass is 380 g/mol. The molecule has 6 atom stereocenters. The van der Waals surface area contributed by atoms with Crippen molar-refractivity contribution >= 4 is 8.56 Å². The highest BCUT2D eigenvalue weighted by Gasteiger charge is 2.42. The van der Waals surface area contributed by atoms with E-state index in [0.717, 1.165) is 11.8 Å². The lowest BCUT2D eigenvalue weighted by Crippen LogP contribution is -2.50. The smallest absolute Gasteiger partial charge is 0.361 e. The zero-order chi connectivity index (χ0) is 19.5. The van der Waals surface area contributed by atoms with E-state index in [2.05, 4.69) is 54.7 Å². The van der Waals surface area contributed by atoms with E-state index in [1.165, 1.54) is 38.5 Å². The largest absolute Gasteiger partial charge is 0.388 e. The molecule has 0 bridgehead atoms. The zero-order valence-corrected chi connectivity index (χ0v) is 19.5. The van der Waals surface area contributed by atoms with Crippen LogP contribution >= 0.6 is 0 Å². The van der Waals surface area contributed by atoms with Crippen LogP contribution in [-0.2, 0) is 8.85 Å². The molecule has 2 rings (SSSR count). The lowest BCUT2D eigenvalue weighted by molar-refractivity contribution is -0.0210. The highest BCUT2D eigenvalue weighted by Crippen LogP contribution is 2.40. The second-order valence-electron chi connectivity index (χ2n) is 10.2. The molecule has 0 N–H and O–H groups in total. The predicted molar refractivity (Wildman–Crippen MR) is 114 cm³/mol. The maximum Gasteiger partial charge on any atom is 0.361 e. The Bertz CT molecular complexity index is 413. The summed E-state index contributed by atoms with van der Waals surface area (Å²) in [6.07, 6.45) is 8.30. The van der Waals surface area contributed by atoms with Crippen molar-refractivity contribution in [3.05, 3.63) is 12.3 Å². The van der Waals surface area contributed by atoms with Gasteiger partial charge in [0.15, 0.2) is 0 Å². The van der Waals surface area contributed by atoms with Crippen LogP contribution in [0.2, 0.25) is 6.55 Å². The van der Waals surface area contributed by atoms with Gasteiger partial charge in [-0.2, -0.15) is 0 Å². The minimum atomic E-state index is -2.37. The first-order valence-corrected chi connectivity index (χ1v) is 13.5. The Hall–Kier alpha value is -0.123. The van der Waals surface area contributed by atoms with Crippen molar-refractivity contribution in [2.24, 2.45) is 35.5 Å². The first kappa shape index (κ1) is 22.2. The van der Waals surface area contributed by atoms with Gasteiger partial charge in [-0.15, -0.1) is 6.58 Å². The molecule has 26 heavy (non-hydrogen) atoms. The Morgan fingerprint density at radius 3 is 1.50 bits per heavy atom. The van der Waals surface area contributed by atoms with Gasteiger partial charge < -0.3 is 8.85 Å². The van der Waals surface area contributed by atoms with E-state index in [0.29, 0.717) is 35.9 Å². The van der Waals surface area contributed by atoms with Crippen LogP contribution in [0.3, 0.4) is 0 Å². The molecule has 2 saturated carbocycles. The summed E-state index contributed by atoms with van der Waals surface area (Å²) in [6.45, 7) is 20.5. The number of hydrogen-bond acceptors (Lipinski definition) is 2. The lowest BCUT2D eigenvalue weighted by Gasteiger charge is -2.44. The lowest BCUT2D eigenvalue weighted by atomic mass is 9.75. The highest BCUT2D eigenvalue weighted by molar-refractivity contribution is 6.71. The van der Waals surface area contributed by atoms with Crippen LogP contribution in [0.4, 0.5) is 0 Å². The second-order valence-corrected chi connectivity index (χ2v) is 13.1. The Morgan fingerprint density at radius 1 is 0.808 bits per heavy atom. The van der Waals surface area contributed by atoms with Crippen molar-refractivity contribution in [3.63, 3.8) is 0 Å². The molecule has 0 spiro atoms. The third kappa shape index (κ3) is 5.69. The van der Waals surface area contributed by atoms with Crippen molar-refractivity contribution < 1.29 is 8.85 Å². The van der Waals surface area contributed by atoms with Crippen molar-refractivity contribution in [3.8, 4) is 0 Å². The van der Waals surface area contributed by atoms with Crippen LogP contribution in [0.15, 0.2) is 12.3 Å². The van der Waals surface area contributed by atoms with E-state index in [4.69, 9.17) is 8.85 Å². The molecule has 2 aliphatic rings. The van der Waals surface area contributed by atoms with E-state index in [1.54, 1.807) is 0 Å². The van der Waals surface area contributed by atoms with Gasteiger partial charge in [0, 0.05) is 0 Å². The van der Waals surface area contributed by atoms with Gasteiger partial charge in [0.2, 0.25) is 0 Å². The van der Waals surface area contributed by atoms with Gasteiger partial charge in [-0.25, -0.2) is 0 Å². The van der Waals surface area contributed by atoms with Crippen molar-refractivity contribution in [1.82, 2.24) is 0 Å². The van der Waals surface area contributed by atoms with Gasteiger partial charge in [-0.05, 0) is 73.4 Å². The molecule has 0 aromatic carbocycles. The van der Waals surface area contributed by atoms with Crippen LogP contribution in [0.25, 0.3) is 0 Å². The third-order valence-corrected chi connectivity index (χ3v) is 9.35. The standard InChI is InChI=1S/C23H44O2Si/c1-9-26(8,24-22-14-18(6)10-12-20(22)16(2)3)25-23-15-19(7)11-13-21(23)17(4)5/h9,16-23H,1,10-15H2,2-8H3/t18-,19-,20+,21+,22-,23-/m0/s1. The molecule has 0 aromatic heterocycles. The van der Waals surface area contributed by atoms with E-state index < -0.39 is 8.56 Å². The second kappa shape index (κ2) is 9.38. The molecule has 2 aliphatic carbocycles. The van der Waals surface area contributed by atoms with Crippen LogP contribution in [0, 0.1) is 35.5 Å². The summed E-state index contributed by atoms with van der Waals surface area (Å²) in [4.78, 5) is 0. The summed E-state index contributed by atoms with van der Waals surface area (Å²) in [5.41, 5.74) is 2.04. The van der Waals surface area contributed by atoms with Gasteiger partial charge in [0.05, 0.1) is 12.2 Å². The molecule has 0 heterocycles. The average molecular weight is 381 g/mol. The molecule has 3 heteroatoms. The van der Waals surface area contributed by atoms with E-state index >= 15 is 0 Å². The van der Waals surface area contributed by atoms with Crippen LogP contribution in [0.5, 0.6) is 0 Å². The van der Waals surface area contributed by atoms with Gasteiger partial charge in [-0.1, -0.05) is 54.4 Å². The van der Waals surface area contributed by atoms with E-state index in [-0.39, 0.29) is 0 Å². The van der Waals surface area contributed by atoms with Crippen molar-refractivity contribution in [2.75, 3.05) is 0 Å². The quantitative estimate of drug-likeness (QED) is 0.455. The normalized spacial score (nSPS) is 36.5. The Kier molecular flexibility index (Phi) is 8.00. The van der Waals surface area contributed by atoms with E-state index in [9.17, 15) is 0 Å². The van der Waals surface area contributed by atoms with Crippen molar-refractivity contribution in [2.45, 2.75) is 98.8 Å². The molecule has 152 valence electrons. The van der Waals surface area contributed by atoms with Gasteiger partial charge in [0.25, 0.3) is 0 Å². The summed E-state index contributed by atoms with van der Waals surface area (Å²) in [5, 5.41) is 0. The van der Waals surface area contributed by atoms with Crippen LogP contribution in [0.1, 0.15) is 80.1 Å². The molecule has 0 saturated heterocycles. The molecule has 2 fully saturated rings. The fraction of sp³-hybridized carbons (Fsp3) is 0.913. The van der Waals surface area contributed by atoms with Gasteiger partial charge in [0.1, 0.15) is 0 Å². The SMILES string of the molecule is C=C[Si](C)(O[C@H]1C[C@@H](C)CC[C@@H]1C(C)C)O[C@H]1C[C@@H](C)CC[C@@H]1C(C)C. The van der Waals surface area contributed by atoms with E-state index in [1.807, 2.05) is 5.70 Å². The van der Waals surface area contributed by atoms with Crippen molar-refractivity contribution in [1.29, 1.82) is 0 Å². The molecular formula is C23H44O2Si. The topological polar surface area (TPSA) is 18.5 Å². The molecule has 0 amide bonds. The molecule has 0 radical (unpaired) electrons. The summed E-state index contributed by atoms with van der Waals surface area (Å²) in [6, 6.07) is 0. The average Bonchev–Trinajstić information content (AvgIpc) is 2.54. The van der Waals surface area contributed by atoms with Crippen LogP contribution in [-0.4, -0.2) is 20.8 Å². The minimum absolute atomic E-state index is 0.340. The summed E-state index contributed by atoms with van der Waals surface area (Å²) in [5.74, 6) is 4.19. The molecular weight excluding hydrogens is 336 g/mol. The third-order valence-electron chi connectivity index (χ3n) is 7.06. The Morgan fingerprint density at radius 2 is 1.19 bits per heavy atom. The molecule has 2 nitrogen and oxygen atoms in total. The maximum absolute atomic E-state index is 6.84. The highest BCUT2D eigenvalue weighted by atomic mass is 28.4. The summed E-state index contributed by atoms with van der Waals surface area (Å²) < 4.78 is 13.7. The summed E-state index contributed by atoms with van der Waals surface area (Å²) >= 11 is 0. The molecule has 0 aliphatic heterocycles. The maximum atomic E-state index is 6.84. The minimum Gasteiger partial charge on any atom is -0.388 e. The van der Waals surface area contributed by atoms with Gasteiger partial charge in [-0.3, -0.25) is 0 Å². The Balaban J connectivity index is 2.11. The number of rotatable bonds is 7.